The smallest absolute Gasteiger partial charge is 0.261 e. The number of H-pyrrole nitrogens is 1. The van der Waals surface area contributed by atoms with E-state index in [1.807, 2.05) is 12.1 Å². The van der Waals surface area contributed by atoms with Gasteiger partial charge in [0.25, 0.3) is 11.5 Å². The average Bonchev–Trinajstić information content (AvgIpc) is 2.56. The van der Waals surface area contributed by atoms with Crippen LogP contribution in [0.25, 0.3) is 10.9 Å². The van der Waals surface area contributed by atoms with Crippen LogP contribution in [0.4, 0.5) is 4.39 Å². The molecule has 0 unspecified atom stereocenters. The Morgan fingerprint density at radius 1 is 1.12 bits per heavy atom. The predicted octanol–water partition coefficient (Wildman–Crippen LogP) is 3.40. The molecule has 0 radical (unpaired) electrons. The predicted molar refractivity (Wildman–Crippen MR) is 94.7 cm³/mol. The second-order valence-corrected chi connectivity index (χ2v) is 6.29. The molecule has 2 aromatic carbocycles. The molecule has 0 atom stereocenters. The van der Waals surface area contributed by atoms with Crippen LogP contribution in [0.1, 0.15) is 15.9 Å². The third-order valence-electron chi connectivity index (χ3n) is 3.66. The normalized spacial score (nSPS) is 10.8. The molecule has 0 bridgehead atoms. The Morgan fingerprint density at radius 3 is 2.62 bits per heavy atom. The fraction of sp³-hybridized carbons (Fsp3) is 0.111. The average molecular weight is 389 g/mol. The molecule has 0 spiro atoms. The van der Waals surface area contributed by atoms with Gasteiger partial charge in [0.05, 0.1) is 0 Å². The summed E-state index contributed by atoms with van der Waals surface area (Å²) < 4.78 is 13.7. The molecule has 0 fully saturated rings. The third-order valence-corrected chi connectivity index (χ3v) is 4.16. The van der Waals surface area contributed by atoms with Crippen molar-refractivity contribution < 1.29 is 9.18 Å². The maximum absolute atomic E-state index is 12.8. The van der Waals surface area contributed by atoms with Crippen molar-refractivity contribution in [3.8, 4) is 0 Å². The Hall–Kier alpha value is -2.47. The Bertz CT molecular complexity index is 951. The van der Waals surface area contributed by atoms with Crippen LogP contribution in [0.3, 0.4) is 0 Å². The maximum atomic E-state index is 12.8. The van der Waals surface area contributed by atoms with E-state index >= 15 is 0 Å². The first-order valence-corrected chi connectivity index (χ1v) is 8.17. The molecular formula is C18H14BrFN2O2. The zero-order valence-electron chi connectivity index (χ0n) is 12.6. The number of aromatic nitrogens is 1. The SMILES string of the molecule is O=C(NCCc1ccc(F)cc1)c1cc2cc(Br)ccc2[nH]c1=O. The lowest BCUT2D eigenvalue weighted by molar-refractivity contribution is 0.0953. The van der Waals surface area contributed by atoms with Crippen LogP contribution in [0.15, 0.2) is 57.8 Å². The summed E-state index contributed by atoms with van der Waals surface area (Å²) in [7, 11) is 0. The highest BCUT2D eigenvalue weighted by atomic mass is 79.9. The Morgan fingerprint density at radius 2 is 1.88 bits per heavy atom. The lowest BCUT2D eigenvalue weighted by Crippen LogP contribution is -2.31. The van der Waals surface area contributed by atoms with Gasteiger partial charge in [0.15, 0.2) is 0 Å². The first kappa shape index (κ1) is 16.4. The Balaban J connectivity index is 1.72. The van der Waals surface area contributed by atoms with Gasteiger partial charge < -0.3 is 10.3 Å². The van der Waals surface area contributed by atoms with E-state index in [1.165, 1.54) is 12.1 Å². The topological polar surface area (TPSA) is 62.0 Å². The van der Waals surface area contributed by atoms with Gasteiger partial charge in [-0.2, -0.15) is 0 Å². The Labute approximate surface area is 145 Å². The number of amides is 1. The first-order chi connectivity index (χ1) is 11.5. The molecule has 0 saturated carbocycles. The fourth-order valence-electron chi connectivity index (χ4n) is 2.41. The van der Waals surface area contributed by atoms with Crippen molar-refractivity contribution >= 4 is 32.7 Å². The molecule has 122 valence electrons. The maximum Gasteiger partial charge on any atom is 0.261 e. The molecule has 0 saturated heterocycles. The molecule has 3 rings (SSSR count). The number of aromatic amines is 1. The number of halogens is 2. The molecule has 6 heteroatoms. The van der Waals surface area contributed by atoms with Gasteiger partial charge in [-0.25, -0.2) is 4.39 Å². The zero-order chi connectivity index (χ0) is 17.1. The molecule has 1 amide bonds. The zero-order valence-corrected chi connectivity index (χ0v) is 14.2. The minimum atomic E-state index is -0.430. The van der Waals surface area contributed by atoms with Crippen LogP contribution < -0.4 is 10.9 Å². The third kappa shape index (κ3) is 3.71. The molecule has 1 aromatic heterocycles. The van der Waals surface area contributed by atoms with Crippen LogP contribution >= 0.6 is 15.9 Å². The molecule has 4 nitrogen and oxygen atoms in total. The van der Waals surface area contributed by atoms with E-state index in [1.54, 1.807) is 24.3 Å². The standard InChI is InChI=1S/C18H14BrFN2O2/c19-13-3-6-16-12(9-13)10-15(18(24)22-16)17(23)21-8-7-11-1-4-14(20)5-2-11/h1-6,9-10H,7-8H2,(H,21,23)(H,22,24). The van der Waals surface area contributed by atoms with Gasteiger partial charge in [-0.1, -0.05) is 28.1 Å². The van der Waals surface area contributed by atoms with E-state index in [9.17, 15) is 14.0 Å². The van der Waals surface area contributed by atoms with Crippen LogP contribution in [0, 0.1) is 5.82 Å². The largest absolute Gasteiger partial charge is 0.352 e. The molecule has 0 aliphatic heterocycles. The summed E-state index contributed by atoms with van der Waals surface area (Å²) in [5.74, 6) is -0.725. The fourth-order valence-corrected chi connectivity index (χ4v) is 2.79. The van der Waals surface area contributed by atoms with Crippen molar-refractivity contribution in [3.05, 3.63) is 80.3 Å². The van der Waals surface area contributed by atoms with Gasteiger partial charge in [0, 0.05) is 21.9 Å². The number of hydrogen-bond acceptors (Lipinski definition) is 2. The van der Waals surface area contributed by atoms with E-state index in [-0.39, 0.29) is 11.4 Å². The molecule has 1 heterocycles. The summed E-state index contributed by atoms with van der Waals surface area (Å²) in [5, 5.41) is 3.49. The number of hydrogen-bond donors (Lipinski definition) is 2. The van der Waals surface area contributed by atoms with E-state index in [2.05, 4.69) is 26.2 Å². The van der Waals surface area contributed by atoms with Gasteiger partial charge >= 0.3 is 0 Å². The van der Waals surface area contributed by atoms with Crippen LogP contribution in [-0.4, -0.2) is 17.4 Å². The number of fused-ring (bicyclic) bond motifs is 1. The van der Waals surface area contributed by atoms with Crippen molar-refractivity contribution in [1.82, 2.24) is 10.3 Å². The second kappa shape index (κ2) is 6.97. The van der Waals surface area contributed by atoms with E-state index in [0.717, 1.165) is 15.4 Å². The highest BCUT2D eigenvalue weighted by molar-refractivity contribution is 9.10. The lowest BCUT2D eigenvalue weighted by atomic mass is 10.1. The van der Waals surface area contributed by atoms with Crippen molar-refractivity contribution in [1.29, 1.82) is 0 Å². The van der Waals surface area contributed by atoms with Crippen molar-refractivity contribution in [2.24, 2.45) is 0 Å². The van der Waals surface area contributed by atoms with E-state index < -0.39 is 11.5 Å². The summed E-state index contributed by atoms with van der Waals surface area (Å²) in [4.78, 5) is 27.0. The molecular weight excluding hydrogens is 375 g/mol. The Kier molecular flexibility index (Phi) is 4.76. The van der Waals surface area contributed by atoms with Crippen molar-refractivity contribution in [2.75, 3.05) is 6.54 Å². The summed E-state index contributed by atoms with van der Waals surface area (Å²) in [6.45, 7) is 0.362. The minimum absolute atomic E-state index is 0.0692. The minimum Gasteiger partial charge on any atom is -0.352 e. The number of rotatable bonds is 4. The van der Waals surface area contributed by atoms with Gasteiger partial charge in [-0.05, 0) is 48.4 Å². The van der Waals surface area contributed by atoms with Gasteiger partial charge in [0.1, 0.15) is 11.4 Å². The summed E-state index contributed by atoms with van der Waals surface area (Å²) >= 11 is 3.37. The molecule has 24 heavy (non-hydrogen) atoms. The van der Waals surface area contributed by atoms with Gasteiger partial charge in [-0.3, -0.25) is 9.59 Å². The molecule has 0 aliphatic rings. The van der Waals surface area contributed by atoms with Crippen LogP contribution in [0.5, 0.6) is 0 Å². The summed E-state index contributed by atoms with van der Waals surface area (Å²) in [6.07, 6.45) is 0.559. The molecule has 0 aliphatic carbocycles. The number of benzene rings is 2. The molecule has 2 N–H and O–H groups in total. The quantitative estimate of drug-likeness (QED) is 0.719. The number of carbonyl (C=O) groups excluding carboxylic acids is 1. The number of pyridine rings is 1. The van der Waals surface area contributed by atoms with Gasteiger partial charge in [-0.15, -0.1) is 0 Å². The summed E-state index contributed by atoms with van der Waals surface area (Å²) in [6, 6.07) is 13.1. The second-order valence-electron chi connectivity index (χ2n) is 5.38. The highest BCUT2D eigenvalue weighted by Crippen LogP contribution is 2.17. The number of nitrogens with one attached hydrogen (secondary N) is 2. The number of carbonyl (C=O) groups is 1. The van der Waals surface area contributed by atoms with E-state index in [4.69, 9.17) is 0 Å². The van der Waals surface area contributed by atoms with E-state index in [0.29, 0.717) is 18.5 Å². The van der Waals surface area contributed by atoms with Gasteiger partial charge in [0.2, 0.25) is 0 Å². The first-order valence-electron chi connectivity index (χ1n) is 7.38. The molecule has 3 aromatic rings. The van der Waals surface area contributed by atoms with Crippen molar-refractivity contribution in [2.45, 2.75) is 6.42 Å². The van der Waals surface area contributed by atoms with Crippen molar-refractivity contribution in [3.63, 3.8) is 0 Å². The highest BCUT2D eigenvalue weighted by Gasteiger charge is 2.11. The lowest BCUT2D eigenvalue weighted by Gasteiger charge is -2.06. The monoisotopic (exact) mass is 388 g/mol. The summed E-state index contributed by atoms with van der Waals surface area (Å²) in [5.41, 5.74) is 1.22. The van der Waals surface area contributed by atoms with Crippen LogP contribution in [0.2, 0.25) is 0 Å². The van der Waals surface area contributed by atoms with Crippen LogP contribution in [-0.2, 0) is 6.42 Å².